The summed E-state index contributed by atoms with van der Waals surface area (Å²) in [6.45, 7) is 8.70. The van der Waals surface area contributed by atoms with E-state index < -0.39 is 0 Å². The molecule has 0 aliphatic carbocycles. The molecule has 0 aliphatic rings. The van der Waals surface area contributed by atoms with E-state index in [0.717, 1.165) is 5.69 Å². The first-order chi connectivity index (χ1) is 6.99. The number of pyridine rings is 1. The van der Waals surface area contributed by atoms with E-state index in [9.17, 15) is 4.79 Å². The highest BCUT2D eigenvalue weighted by atomic mass is 16.1. The van der Waals surface area contributed by atoms with Crippen molar-refractivity contribution in [1.29, 1.82) is 0 Å². The van der Waals surface area contributed by atoms with Crippen LogP contribution in [0.1, 0.15) is 50.9 Å². The van der Waals surface area contributed by atoms with Gasteiger partial charge in [0.1, 0.15) is 0 Å². The fraction of sp³-hybridized carbons (Fsp3) is 0.583. The summed E-state index contributed by atoms with van der Waals surface area (Å²) in [5, 5.41) is 0. The first-order valence-electron chi connectivity index (χ1n) is 5.48. The van der Waals surface area contributed by atoms with Crippen LogP contribution in [-0.2, 0) is 6.54 Å². The molecule has 0 aliphatic heterocycles. The van der Waals surface area contributed by atoms with Gasteiger partial charge in [-0.3, -0.25) is 4.79 Å². The summed E-state index contributed by atoms with van der Waals surface area (Å²) in [5.41, 5.74) is 7.58. The van der Waals surface area contributed by atoms with Gasteiger partial charge in [0.25, 0.3) is 5.56 Å². The summed E-state index contributed by atoms with van der Waals surface area (Å²) < 4.78 is 1.81. The molecule has 84 valence electrons. The Balaban J connectivity index is 3.40. The maximum Gasteiger partial charge on any atom is 0.255 e. The predicted octanol–water partition coefficient (Wildman–Crippen LogP) is 2.01. The van der Waals surface area contributed by atoms with Gasteiger partial charge < -0.3 is 10.3 Å². The molecule has 1 aromatic heterocycles. The Hall–Kier alpha value is -1.09. The zero-order valence-electron chi connectivity index (χ0n) is 9.95. The second-order valence-electron chi connectivity index (χ2n) is 4.21. The Morgan fingerprint density at radius 2 is 1.93 bits per heavy atom. The van der Waals surface area contributed by atoms with Crippen molar-refractivity contribution in [1.82, 2.24) is 4.57 Å². The summed E-state index contributed by atoms with van der Waals surface area (Å²) in [5.74, 6) is 0.361. The SMILES string of the molecule is CCn1c(C(C)C)ccc(C(C)N)c1=O. The minimum Gasteiger partial charge on any atom is -0.324 e. The third-order valence-corrected chi connectivity index (χ3v) is 2.64. The average Bonchev–Trinajstić information content (AvgIpc) is 2.16. The molecular weight excluding hydrogens is 188 g/mol. The van der Waals surface area contributed by atoms with Crippen molar-refractivity contribution >= 4 is 0 Å². The lowest BCUT2D eigenvalue weighted by Gasteiger charge is -2.16. The molecule has 0 fully saturated rings. The lowest BCUT2D eigenvalue weighted by atomic mass is 10.1. The highest BCUT2D eigenvalue weighted by Gasteiger charge is 2.12. The molecule has 0 bridgehead atoms. The van der Waals surface area contributed by atoms with Crippen LogP contribution >= 0.6 is 0 Å². The Labute approximate surface area is 90.9 Å². The quantitative estimate of drug-likeness (QED) is 0.826. The maximum absolute atomic E-state index is 12.0. The summed E-state index contributed by atoms with van der Waals surface area (Å²) in [7, 11) is 0. The summed E-state index contributed by atoms with van der Waals surface area (Å²) in [6.07, 6.45) is 0. The molecule has 0 aromatic carbocycles. The van der Waals surface area contributed by atoms with Gasteiger partial charge in [0.05, 0.1) is 0 Å². The molecule has 1 atom stereocenters. The monoisotopic (exact) mass is 208 g/mol. The Morgan fingerprint density at radius 1 is 1.33 bits per heavy atom. The van der Waals surface area contributed by atoms with E-state index in [0.29, 0.717) is 18.0 Å². The molecule has 3 heteroatoms. The number of aromatic nitrogens is 1. The van der Waals surface area contributed by atoms with E-state index in [1.807, 2.05) is 30.5 Å². The first kappa shape index (κ1) is 12.0. The molecule has 15 heavy (non-hydrogen) atoms. The van der Waals surface area contributed by atoms with Crippen molar-refractivity contribution in [3.8, 4) is 0 Å². The van der Waals surface area contributed by atoms with Crippen LogP contribution in [0.4, 0.5) is 0 Å². The number of hydrogen-bond donors (Lipinski definition) is 1. The average molecular weight is 208 g/mol. The smallest absolute Gasteiger partial charge is 0.255 e. The largest absolute Gasteiger partial charge is 0.324 e. The zero-order chi connectivity index (χ0) is 11.6. The summed E-state index contributed by atoms with van der Waals surface area (Å²) in [6, 6.07) is 3.67. The van der Waals surface area contributed by atoms with Crippen LogP contribution in [0.2, 0.25) is 0 Å². The molecule has 1 unspecified atom stereocenters. The number of hydrogen-bond acceptors (Lipinski definition) is 2. The Kier molecular flexibility index (Phi) is 3.69. The molecule has 1 aromatic rings. The van der Waals surface area contributed by atoms with Crippen molar-refractivity contribution in [3.63, 3.8) is 0 Å². The van der Waals surface area contributed by atoms with E-state index >= 15 is 0 Å². The number of nitrogens with two attached hydrogens (primary N) is 1. The number of nitrogens with zero attached hydrogens (tertiary/aromatic N) is 1. The molecule has 0 saturated carbocycles. The minimum atomic E-state index is -0.198. The van der Waals surface area contributed by atoms with Gasteiger partial charge in [-0.25, -0.2) is 0 Å². The minimum absolute atomic E-state index is 0.0544. The normalized spacial score (nSPS) is 13.2. The van der Waals surface area contributed by atoms with Gasteiger partial charge in [0.2, 0.25) is 0 Å². The topological polar surface area (TPSA) is 48.0 Å². The molecule has 0 radical (unpaired) electrons. The van der Waals surface area contributed by atoms with Gasteiger partial charge in [0.15, 0.2) is 0 Å². The predicted molar refractivity (Wildman–Crippen MR) is 63.1 cm³/mol. The molecule has 3 nitrogen and oxygen atoms in total. The van der Waals surface area contributed by atoms with E-state index in [2.05, 4.69) is 13.8 Å². The highest BCUT2D eigenvalue weighted by Crippen LogP contribution is 2.14. The summed E-state index contributed by atoms with van der Waals surface area (Å²) in [4.78, 5) is 12.0. The maximum atomic E-state index is 12.0. The standard InChI is InChI=1S/C12H20N2O/c1-5-14-11(8(2)3)7-6-10(9(4)13)12(14)15/h6-9H,5,13H2,1-4H3. The lowest BCUT2D eigenvalue weighted by molar-refractivity contribution is 0.623. The first-order valence-corrected chi connectivity index (χ1v) is 5.48. The molecule has 0 spiro atoms. The van der Waals surface area contributed by atoms with Gasteiger partial charge in [-0.1, -0.05) is 19.9 Å². The second-order valence-corrected chi connectivity index (χ2v) is 4.21. The lowest BCUT2D eigenvalue weighted by Crippen LogP contribution is -2.29. The van der Waals surface area contributed by atoms with E-state index in [4.69, 9.17) is 5.73 Å². The highest BCUT2D eigenvalue weighted by molar-refractivity contribution is 5.20. The number of rotatable bonds is 3. The molecule has 2 N–H and O–H groups in total. The Bertz CT molecular complexity index is 391. The summed E-state index contributed by atoms with van der Waals surface area (Å²) >= 11 is 0. The van der Waals surface area contributed by atoms with Crippen LogP contribution in [0.15, 0.2) is 16.9 Å². The van der Waals surface area contributed by atoms with Gasteiger partial charge in [-0.15, -0.1) is 0 Å². The molecule has 1 rings (SSSR count). The van der Waals surface area contributed by atoms with Crippen molar-refractivity contribution in [2.45, 2.75) is 46.2 Å². The molecule has 0 amide bonds. The van der Waals surface area contributed by atoms with E-state index in [-0.39, 0.29) is 11.6 Å². The van der Waals surface area contributed by atoms with Gasteiger partial charge in [-0.2, -0.15) is 0 Å². The second kappa shape index (κ2) is 4.62. The van der Waals surface area contributed by atoms with Crippen LogP contribution in [0, 0.1) is 0 Å². The van der Waals surface area contributed by atoms with Crippen molar-refractivity contribution in [3.05, 3.63) is 33.7 Å². The van der Waals surface area contributed by atoms with E-state index in [1.165, 1.54) is 0 Å². The molecule has 1 heterocycles. The zero-order valence-corrected chi connectivity index (χ0v) is 9.95. The van der Waals surface area contributed by atoms with Crippen LogP contribution < -0.4 is 11.3 Å². The third-order valence-electron chi connectivity index (χ3n) is 2.64. The van der Waals surface area contributed by atoms with Crippen LogP contribution in [-0.4, -0.2) is 4.57 Å². The molecule has 0 saturated heterocycles. The molecular formula is C12H20N2O. The van der Waals surface area contributed by atoms with Crippen molar-refractivity contribution in [2.24, 2.45) is 5.73 Å². The van der Waals surface area contributed by atoms with Crippen LogP contribution in [0.25, 0.3) is 0 Å². The van der Waals surface area contributed by atoms with Crippen LogP contribution in [0.5, 0.6) is 0 Å². The Morgan fingerprint density at radius 3 is 2.33 bits per heavy atom. The fourth-order valence-electron chi connectivity index (χ4n) is 1.79. The van der Waals surface area contributed by atoms with E-state index in [1.54, 1.807) is 0 Å². The van der Waals surface area contributed by atoms with Crippen LogP contribution in [0.3, 0.4) is 0 Å². The van der Waals surface area contributed by atoms with Gasteiger partial charge >= 0.3 is 0 Å². The van der Waals surface area contributed by atoms with Gasteiger partial charge in [-0.05, 0) is 25.8 Å². The fourth-order valence-corrected chi connectivity index (χ4v) is 1.79. The van der Waals surface area contributed by atoms with Crippen molar-refractivity contribution in [2.75, 3.05) is 0 Å². The third kappa shape index (κ3) is 2.29. The van der Waals surface area contributed by atoms with Crippen molar-refractivity contribution < 1.29 is 0 Å². The van der Waals surface area contributed by atoms with Gasteiger partial charge in [0, 0.05) is 23.8 Å².